The number of methoxy groups -OCH3 is 2. The average molecular weight is 462 g/mol. The number of ether oxygens (including phenoxy) is 2. The normalized spacial score (nSPS) is 11.9. The van der Waals surface area contributed by atoms with Crippen LogP contribution in [0.4, 0.5) is 11.5 Å². The van der Waals surface area contributed by atoms with Gasteiger partial charge < -0.3 is 14.8 Å². The van der Waals surface area contributed by atoms with E-state index in [2.05, 4.69) is 31.2 Å². The number of nitrogens with zero attached hydrogens (tertiary/aromatic N) is 2. The van der Waals surface area contributed by atoms with E-state index in [0.29, 0.717) is 28.4 Å². The lowest BCUT2D eigenvalue weighted by molar-refractivity contribution is 0.104. The Morgan fingerprint density at radius 3 is 2.37 bits per heavy atom. The van der Waals surface area contributed by atoms with Crippen molar-refractivity contribution in [2.45, 2.75) is 0 Å². The van der Waals surface area contributed by atoms with Gasteiger partial charge in [0.2, 0.25) is 0 Å². The monoisotopic (exact) mass is 461 g/mol. The summed E-state index contributed by atoms with van der Waals surface area (Å²) in [6.07, 6.45) is 1.48. The molecule has 1 aliphatic rings. The number of carbonyl (C=O) groups excluding carboxylic acids is 1. The molecule has 0 saturated heterocycles. The minimum Gasteiger partial charge on any atom is -0.493 e. The standard InChI is InChI=1S/C23H16BrN3O3/c1-29-20-9-16-18(10-21(20)30-2)25-11-26-23(16)27-19-8-15-14(7-17(19)24)12-5-3-4-6-13(12)22(15)28/h3-11H,1-2H3,(H,25,26,27). The molecule has 0 fully saturated rings. The molecule has 1 aliphatic carbocycles. The van der Waals surface area contributed by atoms with Gasteiger partial charge in [0, 0.05) is 27.1 Å². The fraction of sp³-hybridized carbons (Fsp3) is 0.0870. The van der Waals surface area contributed by atoms with E-state index < -0.39 is 0 Å². The highest BCUT2D eigenvalue weighted by Crippen LogP contribution is 2.42. The fourth-order valence-corrected chi connectivity index (χ4v) is 4.19. The molecule has 30 heavy (non-hydrogen) atoms. The first-order valence-electron chi connectivity index (χ1n) is 9.22. The average Bonchev–Trinajstić information content (AvgIpc) is 3.04. The molecule has 0 atom stereocenters. The maximum absolute atomic E-state index is 12.9. The van der Waals surface area contributed by atoms with Gasteiger partial charge in [0.25, 0.3) is 0 Å². The van der Waals surface area contributed by atoms with E-state index in [4.69, 9.17) is 9.47 Å². The van der Waals surface area contributed by atoms with Crippen LogP contribution in [0.25, 0.3) is 22.0 Å². The molecule has 5 rings (SSSR count). The number of benzene rings is 3. The molecule has 1 heterocycles. The Balaban J connectivity index is 1.61. The zero-order chi connectivity index (χ0) is 20.8. The highest BCUT2D eigenvalue weighted by atomic mass is 79.9. The van der Waals surface area contributed by atoms with E-state index in [1.54, 1.807) is 20.3 Å². The molecule has 148 valence electrons. The summed E-state index contributed by atoms with van der Waals surface area (Å²) in [5, 5.41) is 4.11. The zero-order valence-corrected chi connectivity index (χ0v) is 17.8. The largest absolute Gasteiger partial charge is 0.493 e. The van der Waals surface area contributed by atoms with Crippen LogP contribution in [-0.4, -0.2) is 30.0 Å². The van der Waals surface area contributed by atoms with Crippen molar-refractivity contribution in [2.75, 3.05) is 19.5 Å². The molecule has 6 nitrogen and oxygen atoms in total. The summed E-state index contributed by atoms with van der Waals surface area (Å²) in [7, 11) is 3.17. The van der Waals surface area contributed by atoms with Crippen LogP contribution in [0.3, 0.4) is 0 Å². The lowest BCUT2D eigenvalue weighted by atomic mass is 10.1. The number of ketones is 1. The third kappa shape index (κ3) is 2.81. The van der Waals surface area contributed by atoms with Gasteiger partial charge in [0.1, 0.15) is 12.1 Å². The van der Waals surface area contributed by atoms with Crippen molar-refractivity contribution >= 4 is 44.1 Å². The van der Waals surface area contributed by atoms with Crippen LogP contribution in [0.2, 0.25) is 0 Å². The van der Waals surface area contributed by atoms with Crippen LogP contribution in [0.5, 0.6) is 11.5 Å². The summed E-state index contributed by atoms with van der Waals surface area (Å²) in [5.74, 6) is 1.80. The molecule has 1 aromatic heterocycles. The van der Waals surface area contributed by atoms with Crippen LogP contribution in [-0.2, 0) is 0 Å². The van der Waals surface area contributed by atoms with Gasteiger partial charge in [-0.1, -0.05) is 24.3 Å². The van der Waals surface area contributed by atoms with Crippen LogP contribution in [0, 0.1) is 0 Å². The number of rotatable bonds is 4. The van der Waals surface area contributed by atoms with Gasteiger partial charge in [-0.15, -0.1) is 0 Å². The smallest absolute Gasteiger partial charge is 0.194 e. The van der Waals surface area contributed by atoms with Gasteiger partial charge in [0.05, 0.1) is 25.4 Å². The van der Waals surface area contributed by atoms with Crippen molar-refractivity contribution in [1.29, 1.82) is 0 Å². The molecule has 7 heteroatoms. The predicted molar refractivity (Wildman–Crippen MR) is 119 cm³/mol. The van der Waals surface area contributed by atoms with Gasteiger partial charge in [-0.2, -0.15) is 0 Å². The molecule has 0 saturated carbocycles. The van der Waals surface area contributed by atoms with E-state index in [1.807, 2.05) is 42.5 Å². The van der Waals surface area contributed by atoms with Crippen LogP contribution in [0.15, 0.2) is 59.3 Å². The summed E-state index contributed by atoms with van der Waals surface area (Å²) in [6.45, 7) is 0. The molecule has 0 amide bonds. The van der Waals surface area contributed by atoms with E-state index in [9.17, 15) is 4.79 Å². The number of halogens is 1. The Morgan fingerprint density at radius 1 is 0.867 bits per heavy atom. The zero-order valence-electron chi connectivity index (χ0n) is 16.2. The van der Waals surface area contributed by atoms with E-state index >= 15 is 0 Å². The molecule has 0 radical (unpaired) electrons. The summed E-state index contributed by atoms with van der Waals surface area (Å²) >= 11 is 3.63. The van der Waals surface area contributed by atoms with Crippen molar-refractivity contribution < 1.29 is 14.3 Å². The van der Waals surface area contributed by atoms with E-state index in [-0.39, 0.29) is 5.78 Å². The van der Waals surface area contributed by atoms with Gasteiger partial charge in [-0.25, -0.2) is 9.97 Å². The van der Waals surface area contributed by atoms with Crippen LogP contribution < -0.4 is 14.8 Å². The molecular weight excluding hydrogens is 446 g/mol. The molecule has 1 N–H and O–H groups in total. The van der Waals surface area contributed by atoms with Crippen molar-refractivity contribution in [3.05, 3.63) is 70.5 Å². The maximum Gasteiger partial charge on any atom is 0.194 e. The molecular formula is C23H16BrN3O3. The molecule has 3 aromatic carbocycles. The molecule has 4 aromatic rings. The molecule has 0 spiro atoms. The number of fused-ring (bicyclic) bond motifs is 4. The summed E-state index contributed by atoms with van der Waals surface area (Å²) in [6, 6.07) is 15.1. The third-order valence-electron chi connectivity index (χ3n) is 5.21. The molecule has 0 unspecified atom stereocenters. The maximum atomic E-state index is 12.9. The van der Waals surface area contributed by atoms with Crippen LogP contribution >= 0.6 is 15.9 Å². The summed E-state index contributed by atoms with van der Waals surface area (Å²) in [4.78, 5) is 21.6. The summed E-state index contributed by atoms with van der Waals surface area (Å²) < 4.78 is 11.6. The first kappa shape index (κ1) is 18.6. The highest BCUT2D eigenvalue weighted by molar-refractivity contribution is 9.10. The van der Waals surface area contributed by atoms with E-state index in [1.165, 1.54) is 6.33 Å². The van der Waals surface area contributed by atoms with E-state index in [0.717, 1.165) is 32.2 Å². The predicted octanol–water partition coefficient (Wildman–Crippen LogP) is 5.36. The second kappa shape index (κ2) is 7.11. The third-order valence-corrected chi connectivity index (χ3v) is 5.86. The van der Waals surface area contributed by atoms with Gasteiger partial charge in [-0.3, -0.25) is 4.79 Å². The quantitative estimate of drug-likeness (QED) is 0.388. The van der Waals surface area contributed by atoms with Crippen molar-refractivity contribution in [3.8, 4) is 22.6 Å². The number of anilines is 2. The number of hydrogen-bond donors (Lipinski definition) is 1. The Labute approximate surface area is 181 Å². The SMILES string of the molecule is COc1cc2ncnc(Nc3cc4c(cc3Br)-c3ccccc3C4=O)c2cc1OC. The van der Waals surface area contributed by atoms with Gasteiger partial charge in [-0.05, 0) is 45.3 Å². The first-order valence-corrected chi connectivity index (χ1v) is 10.0. The second-order valence-corrected chi connectivity index (χ2v) is 7.68. The lowest BCUT2D eigenvalue weighted by Crippen LogP contribution is -2.01. The van der Waals surface area contributed by atoms with Crippen LogP contribution in [0.1, 0.15) is 15.9 Å². The van der Waals surface area contributed by atoms with Crippen molar-refractivity contribution in [2.24, 2.45) is 0 Å². The Hall–Kier alpha value is -3.45. The minimum atomic E-state index is 0.0232. The fourth-order valence-electron chi connectivity index (χ4n) is 3.75. The number of hydrogen-bond acceptors (Lipinski definition) is 6. The first-order chi connectivity index (χ1) is 14.6. The lowest BCUT2D eigenvalue weighted by Gasteiger charge is -2.14. The summed E-state index contributed by atoms with van der Waals surface area (Å²) in [5.41, 5.74) is 4.72. The second-order valence-electron chi connectivity index (χ2n) is 6.82. The topological polar surface area (TPSA) is 73.3 Å². The molecule has 0 bridgehead atoms. The van der Waals surface area contributed by atoms with Gasteiger partial charge >= 0.3 is 0 Å². The highest BCUT2D eigenvalue weighted by Gasteiger charge is 2.27. The number of aromatic nitrogens is 2. The van der Waals surface area contributed by atoms with Gasteiger partial charge in [0.15, 0.2) is 17.3 Å². The van der Waals surface area contributed by atoms with Crippen molar-refractivity contribution in [3.63, 3.8) is 0 Å². The minimum absolute atomic E-state index is 0.0232. The Kier molecular flexibility index (Phi) is 4.40. The number of nitrogens with one attached hydrogen (secondary N) is 1. The number of carbonyl (C=O) groups is 1. The molecule has 0 aliphatic heterocycles. The Morgan fingerprint density at radius 2 is 1.60 bits per heavy atom. The Bertz CT molecular complexity index is 1340. The van der Waals surface area contributed by atoms with Crippen molar-refractivity contribution in [1.82, 2.24) is 9.97 Å².